The maximum absolute atomic E-state index is 14.4. The average molecular weight is 347 g/mol. The predicted molar refractivity (Wildman–Crippen MR) is 81.9 cm³/mol. The third-order valence-corrected chi connectivity index (χ3v) is 4.14. The molecule has 0 spiro atoms. The number of alkyl halides is 3. The summed E-state index contributed by atoms with van der Waals surface area (Å²) in [5, 5.41) is 0. The third kappa shape index (κ3) is 4.07. The van der Waals surface area contributed by atoms with Gasteiger partial charge in [-0.15, -0.1) is 0 Å². The Bertz CT molecular complexity index is 693. The van der Waals surface area contributed by atoms with Crippen molar-refractivity contribution in [2.24, 2.45) is 0 Å². The Morgan fingerprint density at radius 1 is 1.21 bits per heavy atom. The van der Waals surface area contributed by atoms with Gasteiger partial charge in [-0.1, -0.05) is 0 Å². The highest BCUT2D eigenvalue weighted by molar-refractivity contribution is 6.54. The number of aromatic nitrogens is 1. The normalized spacial score (nSPS) is 20.5. The summed E-state index contributed by atoms with van der Waals surface area (Å²) in [7, 11) is -1.25. The van der Waals surface area contributed by atoms with E-state index in [1.807, 2.05) is 0 Å². The highest BCUT2D eigenvalue weighted by Crippen LogP contribution is 2.39. The van der Waals surface area contributed by atoms with E-state index in [0.717, 1.165) is 18.3 Å². The minimum Gasteiger partial charge on any atom is -0.398 e. The van der Waals surface area contributed by atoms with Gasteiger partial charge in [0.15, 0.2) is 0 Å². The molecule has 132 valence electrons. The maximum Gasteiger partial charge on any atom is 0.525 e. The molecule has 24 heavy (non-hydrogen) atoms. The van der Waals surface area contributed by atoms with Crippen LogP contribution in [0.5, 0.6) is 0 Å². The first-order valence-electron chi connectivity index (χ1n) is 7.31. The number of halogens is 4. The van der Waals surface area contributed by atoms with Gasteiger partial charge >= 0.3 is 13.3 Å². The van der Waals surface area contributed by atoms with Gasteiger partial charge in [-0.25, -0.2) is 4.39 Å². The molecule has 0 aromatic carbocycles. The zero-order valence-corrected chi connectivity index (χ0v) is 13.8. The predicted octanol–water partition coefficient (Wildman–Crippen LogP) is 3.35. The Labute approximate surface area is 137 Å². The molecule has 1 fully saturated rings. The lowest BCUT2D eigenvalue weighted by molar-refractivity contribution is -0.141. The smallest absolute Gasteiger partial charge is 0.398 e. The molecule has 0 N–H and O–H groups in total. The van der Waals surface area contributed by atoms with E-state index in [-0.39, 0.29) is 5.56 Å². The van der Waals surface area contributed by atoms with E-state index in [4.69, 9.17) is 9.31 Å². The van der Waals surface area contributed by atoms with Gasteiger partial charge in [0.2, 0.25) is 0 Å². The summed E-state index contributed by atoms with van der Waals surface area (Å²) in [5.41, 5.74) is -2.98. The average Bonchev–Trinajstić information content (AvgIpc) is 2.61. The van der Waals surface area contributed by atoms with Gasteiger partial charge in [0, 0.05) is 12.3 Å². The van der Waals surface area contributed by atoms with Crippen LogP contribution in [0.1, 0.15) is 33.3 Å². The SMILES string of the molecule is CC1(C)OB(C(F)=Cc2ccc(=O)n(CC(F)(F)F)c2)OC1(C)C. The zero-order valence-electron chi connectivity index (χ0n) is 13.8. The van der Waals surface area contributed by atoms with E-state index in [2.05, 4.69) is 0 Å². The van der Waals surface area contributed by atoms with Crippen LogP contribution in [0.2, 0.25) is 0 Å². The Morgan fingerprint density at radius 2 is 1.75 bits per heavy atom. The minimum absolute atomic E-state index is 0.103. The molecule has 1 aliphatic rings. The Morgan fingerprint density at radius 3 is 2.25 bits per heavy atom. The molecular formula is C15H18BF4NO3. The number of hydrogen-bond acceptors (Lipinski definition) is 3. The van der Waals surface area contributed by atoms with E-state index in [1.165, 1.54) is 6.07 Å². The van der Waals surface area contributed by atoms with Crippen LogP contribution in [0.25, 0.3) is 6.08 Å². The number of rotatable bonds is 3. The molecule has 0 aliphatic carbocycles. The third-order valence-electron chi connectivity index (χ3n) is 4.14. The lowest BCUT2D eigenvalue weighted by atomic mass is 9.87. The van der Waals surface area contributed by atoms with Crippen molar-refractivity contribution in [3.8, 4) is 0 Å². The molecule has 1 aliphatic heterocycles. The summed E-state index contributed by atoms with van der Waals surface area (Å²) in [6.07, 6.45) is -2.61. The van der Waals surface area contributed by atoms with E-state index in [0.29, 0.717) is 4.57 Å². The summed E-state index contributed by atoms with van der Waals surface area (Å²) >= 11 is 0. The van der Waals surface area contributed by atoms with Crippen LogP contribution in [-0.4, -0.2) is 29.1 Å². The van der Waals surface area contributed by atoms with Crippen molar-refractivity contribution >= 4 is 13.2 Å². The molecule has 2 rings (SSSR count). The van der Waals surface area contributed by atoms with Crippen LogP contribution in [0.15, 0.2) is 28.9 Å². The monoisotopic (exact) mass is 347 g/mol. The molecule has 1 aromatic heterocycles. The summed E-state index contributed by atoms with van der Waals surface area (Å²) in [6.45, 7) is 5.58. The van der Waals surface area contributed by atoms with Crippen LogP contribution in [0, 0.1) is 0 Å². The summed E-state index contributed by atoms with van der Waals surface area (Å²) in [5.74, 6) is 0. The maximum atomic E-state index is 14.4. The topological polar surface area (TPSA) is 40.5 Å². The van der Waals surface area contributed by atoms with Gasteiger partial charge in [0.05, 0.1) is 11.2 Å². The zero-order chi connectivity index (χ0) is 18.3. The molecule has 0 unspecified atom stereocenters. The van der Waals surface area contributed by atoms with E-state index >= 15 is 0 Å². The first-order valence-corrected chi connectivity index (χ1v) is 7.31. The van der Waals surface area contributed by atoms with Crippen LogP contribution < -0.4 is 5.56 Å². The van der Waals surface area contributed by atoms with Crippen LogP contribution in [0.3, 0.4) is 0 Å². The lowest BCUT2D eigenvalue weighted by Gasteiger charge is -2.32. The molecule has 0 radical (unpaired) electrons. The number of pyridine rings is 1. The number of hydrogen-bond donors (Lipinski definition) is 0. The molecule has 0 atom stereocenters. The molecule has 0 bridgehead atoms. The van der Waals surface area contributed by atoms with Gasteiger partial charge in [0.25, 0.3) is 5.56 Å². The highest BCUT2D eigenvalue weighted by atomic mass is 19.4. The first kappa shape index (κ1) is 18.7. The van der Waals surface area contributed by atoms with Crippen LogP contribution >= 0.6 is 0 Å². The van der Waals surface area contributed by atoms with Crippen molar-refractivity contribution in [1.29, 1.82) is 0 Å². The van der Waals surface area contributed by atoms with Gasteiger partial charge in [-0.05, 0) is 45.4 Å². The highest BCUT2D eigenvalue weighted by Gasteiger charge is 2.53. The van der Waals surface area contributed by atoms with E-state index in [1.54, 1.807) is 27.7 Å². The van der Waals surface area contributed by atoms with Crippen molar-refractivity contribution in [2.45, 2.75) is 51.6 Å². The van der Waals surface area contributed by atoms with Gasteiger partial charge in [-0.2, -0.15) is 13.2 Å². The van der Waals surface area contributed by atoms with Crippen molar-refractivity contribution < 1.29 is 26.9 Å². The van der Waals surface area contributed by atoms with Gasteiger partial charge in [0.1, 0.15) is 12.3 Å². The summed E-state index contributed by atoms with van der Waals surface area (Å²) in [6, 6.07) is 2.19. The van der Waals surface area contributed by atoms with Crippen molar-refractivity contribution in [3.63, 3.8) is 0 Å². The van der Waals surface area contributed by atoms with E-state index in [9.17, 15) is 22.4 Å². The van der Waals surface area contributed by atoms with Crippen LogP contribution in [0.4, 0.5) is 17.6 Å². The van der Waals surface area contributed by atoms with Crippen LogP contribution in [-0.2, 0) is 15.9 Å². The fourth-order valence-corrected chi connectivity index (χ4v) is 2.13. The second-order valence-corrected chi connectivity index (χ2v) is 6.66. The quantitative estimate of drug-likeness (QED) is 0.622. The Hall–Kier alpha value is -1.61. The molecular weight excluding hydrogens is 329 g/mol. The second kappa shape index (κ2) is 6.04. The van der Waals surface area contributed by atoms with Crippen molar-refractivity contribution in [1.82, 2.24) is 4.57 Å². The Kier molecular flexibility index (Phi) is 4.71. The molecule has 4 nitrogen and oxygen atoms in total. The summed E-state index contributed by atoms with van der Waals surface area (Å²) in [4.78, 5) is 11.5. The molecule has 9 heteroatoms. The molecule has 1 saturated heterocycles. The number of nitrogens with zero attached hydrogens (tertiary/aromatic N) is 1. The molecule has 1 aromatic rings. The minimum atomic E-state index is -4.55. The lowest BCUT2D eigenvalue weighted by Crippen LogP contribution is -2.41. The van der Waals surface area contributed by atoms with Crippen molar-refractivity contribution in [2.75, 3.05) is 0 Å². The summed E-state index contributed by atoms with van der Waals surface area (Å²) < 4.78 is 63.2. The fraction of sp³-hybridized carbons (Fsp3) is 0.533. The largest absolute Gasteiger partial charge is 0.525 e. The first-order chi connectivity index (χ1) is 10.8. The molecule has 0 amide bonds. The van der Waals surface area contributed by atoms with Gasteiger partial charge in [-0.3, -0.25) is 4.79 Å². The molecule has 0 saturated carbocycles. The molecule has 2 heterocycles. The fourth-order valence-electron chi connectivity index (χ4n) is 2.13. The second-order valence-electron chi connectivity index (χ2n) is 6.66. The van der Waals surface area contributed by atoms with E-state index < -0.39 is 42.3 Å². The van der Waals surface area contributed by atoms with Gasteiger partial charge < -0.3 is 13.9 Å². The Balaban J connectivity index is 2.26. The standard InChI is InChI=1S/C15H18BF4NO3/c1-13(2)14(3,4)24-16(23-13)11(17)7-10-5-6-12(22)21(8-10)9-15(18,19)20/h5-8H,9H2,1-4H3. The van der Waals surface area contributed by atoms with Crippen molar-refractivity contribution in [3.05, 3.63) is 40.0 Å².